The van der Waals surface area contributed by atoms with Crippen molar-refractivity contribution >= 4 is 27.6 Å². The number of ether oxygens (including phenoxy) is 1. The molecule has 0 amide bonds. The first-order chi connectivity index (χ1) is 9.99. The highest BCUT2D eigenvalue weighted by molar-refractivity contribution is 9.10. The maximum absolute atomic E-state index is 13.6. The van der Waals surface area contributed by atoms with Crippen LogP contribution in [0.5, 0.6) is 0 Å². The van der Waals surface area contributed by atoms with Crippen LogP contribution in [0.25, 0.3) is 0 Å². The number of carbonyl (C=O) groups is 1. The normalized spacial score (nSPS) is 9.95. The average Bonchev–Trinajstić information content (AvgIpc) is 2.44. The molecule has 106 valence electrons. The van der Waals surface area contributed by atoms with Crippen LogP contribution in [0.3, 0.4) is 0 Å². The molecule has 0 unspecified atom stereocenters. The Balaban J connectivity index is 2.09. The summed E-state index contributed by atoms with van der Waals surface area (Å²) in [5.41, 5.74) is 6.73. The molecule has 0 aromatic heterocycles. The lowest BCUT2D eigenvalue weighted by Gasteiger charge is -2.07. The Hall–Kier alpha value is -2.39. The Labute approximate surface area is 129 Å². The molecule has 0 spiro atoms. The average molecular weight is 349 g/mol. The van der Waals surface area contributed by atoms with E-state index in [9.17, 15) is 9.18 Å². The first-order valence-electron chi connectivity index (χ1n) is 5.91. The van der Waals surface area contributed by atoms with Gasteiger partial charge >= 0.3 is 5.97 Å². The molecule has 0 radical (unpaired) electrons. The van der Waals surface area contributed by atoms with E-state index >= 15 is 0 Å². The summed E-state index contributed by atoms with van der Waals surface area (Å²) in [5.74, 6) is -1.19. The number of benzene rings is 2. The molecular formula is C15H10BrFN2O2. The zero-order valence-electron chi connectivity index (χ0n) is 10.8. The third-order valence-electron chi connectivity index (χ3n) is 2.70. The van der Waals surface area contributed by atoms with Crippen LogP contribution in [0.2, 0.25) is 0 Å². The minimum absolute atomic E-state index is 0.199. The molecular weight excluding hydrogens is 339 g/mol. The number of hydrogen-bond donors (Lipinski definition) is 1. The molecule has 2 N–H and O–H groups in total. The highest BCUT2D eigenvalue weighted by Gasteiger charge is 2.11. The number of nitriles is 1. The predicted octanol–water partition coefficient (Wildman–Crippen LogP) is 3.40. The first kappa shape index (κ1) is 15.0. The summed E-state index contributed by atoms with van der Waals surface area (Å²) < 4.78 is 19.3. The number of anilines is 1. The van der Waals surface area contributed by atoms with Crippen LogP contribution in [0, 0.1) is 17.1 Å². The molecule has 0 saturated heterocycles. The second-order valence-electron chi connectivity index (χ2n) is 4.27. The number of hydrogen-bond acceptors (Lipinski definition) is 4. The fourth-order valence-electron chi connectivity index (χ4n) is 1.69. The van der Waals surface area contributed by atoms with E-state index in [0.29, 0.717) is 10.2 Å². The minimum atomic E-state index is -0.605. The molecule has 0 aliphatic rings. The second kappa shape index (κ2) is 6.37. The zero-order valence-corrected chi connectivity index (χ0v) is 12.4. The molecule has 2 rings (SSSR count). The van der Waals surface area contributed by atoms with Crippen molar-refractivity contribution in [2.75, 3.05) is 5.73 Å². The van der Waals surface area contributed by atoms with E-state index < -0.39 is 11.8 Å². The van der Waals surface area contributed by atoms with Gasteiger partial charge in [-0.25, -0.2) is 9.18 Å². The lowest BCUT2D eigenvalue weighted by Crippen LogP contribution is -2.07. The molecule has 21 heavy (non-hydrogen) atoms. The molecule has 0 atom stereocenters. The molecule has 0 saturated carbocycles. The number of nitrogens with zero attached hydrogens (tertiary/aromatic N) is 1. The fraction of sp³-hybridized carbons (Fsp3) is 0.0667. The Morgan fingerprint density at radius 1 is 1.33 bits per heavy atom. The topological polar surface area (TPSA) is 76.1 Å². The molecule has 0 fully saturated rings. The minimum Gasteiger partial charge on any atom is -0.457 e. The summed E-state index contributed by atoms with van der Waals surface area (Å²) in [5, 5.41) is 8.65. The summed E-state index contributed by atoms with van der Waals surface area (Å²) in [6, 6.07) is 10.5. The molecule has 4 nitrogen and oxygen atoms in total. The highest BCUT2D eigenvalue weighted by atomic mass is 79.9. The van der Waals surface area contributed by atoms with Gasteiger partial charge in [-0.2, -0.15) is 5.26 Å². The van der Waals surface area contributed by atoms with E-state index in [1.807, 2.05) is 6.07 Å². The van der Waals surface area contributed by atoms with Gasteiger partial charge in [0, 0.05) is 15.7 Å². The maximum Gasteiger partial charge on any atom is 0.338 e. The van der Waals surface area contributed by atoms with E-state index in [1.165, 1.54) is 18.2 Å². The third-order valence-corrected chi connectivity index (χ3v) is 3.15. The number of halogens is 2. The third kappa shape index (κ3) is 3.80. The Bertz CT molecular complexity index is 721. The smallest absolute Gasteiger partial charge is 0.338 e. The highest BCUT2D eigenvalue weighted by Crippen LogP contribution is 2.19. The summed E-state index contributed by atoms with van der Waals surface area (Å²) in [4.78, 5) is 11.9. The van der Waals surface area contributed by atoms with Gasteiger partial charge in [0.1, 0.15) is 12.4 Å². The van der Waals surface area contributed by atoms with Crippen molar-refractivity contribution in [2.45, 2.75) is 6.61 Å². The molecule has 0 aliphatic carbocycles. The van der Waals surface area contributed by atoms with Gasteiger partial charge in [-0.15, -0.1) is 0 Å². The van der Waals surface area contributed by atoms with Crippen molar-refractivity contribution in [3.05, 3.63) is 63.4 Å². The van der Waals surface area contributed by atoms with Crippen molar-refractivity contribution in [1.82, 2.24) is 0 Å². The molecule has 2 aromatic carbocycles. The Morgan fingerprint density at radius 2 is 2.10 bits per heavy atom. The summed E-state index contributed by atoms with van der Waals surface area (Å²) in [6.07, 6.45) is 0. The van der Waals surface area contributed by atoms with Gasteiger partial charge in [-0.3, -0.25) is 0 Å². The molecule has 0 heterocycles. The van der Waals surface area contributed by atoms with Crippen LogP contribution in [0.15, 0.2) is 40.9 Å². The van der Waals surface area contributed by atoms with E-state index in [-0.39, 0.29) is 23.3 Å². The van der Waals surface area contributed by atoms with Gasteiger partial charge in [0.05, 0.1) is 17.2 Å². The molecule has 0 aliphatic heterocycles. The van der Waals surface area contributed by atoms with Crippen LogP contribution < -0.4 is 5.73 Å². The van der Waals surface area contributed by atoms with E-state index in [1.54, 1.807) is 12.1 Å². The molecule has 2 aromatic rings. The summed E-state index contributed by atoms with van der Waals surface area (Å²) in [6.45, 7) is -0.219. The number of nitrogen functional groups attached to an aromatic ring is 1. The van der Waals surface area contributed by atoms with Crippen molar-refractivity contribution in [3.63, 3.8) is 0 Å². The molecule has 0 bridgehead atoms. The van der Waals surface area contributed by atoms with Gasteiger partial charge in [-0.1, -0.05) is 22.0 Å². The van der Waals surface area contributed by atoms with Gasteiger partial charge in [0.15, 0.2) is 0 Å². The largest absolute Gasteiger partial charge is 0.457 e. The van der Waals surface area contributed by atoms with Crippen LogP contribution in [0.4, 0.5) is 10.1 Å². The van der Waals surface area contributed by atoms with Gasteiger partial charge in [0.25, 0.3) is 0 Å². The maximum atomic E-state index is 13.6. The predicted molar refractivity (Wildman–Crippen MR) is 78.8 cm³/mol. The lowest BCUT2D eigenvalue weighted by atomic mass is 10.1. The Kier molecular flexibility index (Phi) is 4.55. The summed E-state index contributed by atoms with van der Waals surface area (Å²) >= 11 is 3.23. The number of nitrogens with two attached hydrogens (primary N) is 1. The lowest BCUT2D eigenvalue weighted by molar-refractivity contribution is 0.0469. The van der Waals surface area contributed by atoms with Gasteiger partial charge in [-0.05, 0) is 30.3 Å². The first-order valence-corrected chi connectivity index (χ1v) is 6.70. The van der Waals surface area contributed by atoms with E-state index in [4.69, 9.17) is 15.7 Å². The van der Waals surface area contributed by atoms with Crippen LogP contribution in [0.1, 0.15) is 21.5 Å². The fourth-order valence-corrected chi connectivity index (χ4v) is 2.20. The second-order valence-corrected chi connectivity index (χ2v) is 5.18. The standard InChI is InChI=1S/C15H10BrFN2O2/c16-12-4-11(5-13(19)6-12)15(20)21-8-10-2-1-9(7-18)3-14(10)17/h1-6H,8,19H2. The SMILES string of the molecule is N#Cc1ccc(COC(=O)c2cc(N)cc(Br)c2)c(F)c1. The van der Waals surface area contributed by atoms with Gasteiger partial charge < -0.3 is 10.5 Å². The van der Waals surface area contributed by atoms with Crippen LogP contribution in [-0.4, -0.2) is 5.97 Å². The van der Waals surface area contributed by atoms with E-state index in [2.05, 4.69) is 15.9 Å². The van der Waals surface area contributed by atoms with Crippen LogP contribution >= 0.6 is 15.9 Å². The molecule has 6 heteroatoms. The zero-order chi connectivity index (χ0) is 15.4. The number of rotatable bonds is 3. The summed E-state index contributed by atoms with van der Waals surface area (Å²) in [7, 11) is 0. The van der Waals surface area contributed by atoms with Crippen molar-refractivity contribution < 1.29 is 13.9 Å². The van der Waals surface area contributed by atoms with Gasteiger partial charge in [0.2, 0.25) is 0 Å². The van der Waals surface area contributed by atoms with Crippen molar-refractivity contribution in [3.8, 4) is 6.07 Å². The monoisotopic (exact) mass is 348 g/mol. The number of esters is 1. The van der Waals surface area contributed by atoms with Crippen LogP contribution in [-0.2, 0) is 11.3 Å². The van der Waals surface area contributed by atoms with E-state index in [0.717, 1.165) is 6.07 Å². The van der Waals surface area contributed by atoms with Crippen molar-refractivity contribution in [1.29, 1.82) is 5.26 Å². The number of carbonyl (C=O) groups excluding carboxylic acids is 1. The van der Waals surface area contributed by atoms with Crippen molar-refractivity contribution in [2.24, 2.45) is 0 Å². The quantitative estimate of drug-likeness (QED) is 0.681. The Morgan fingerprint density at radius 3 is 2.71 bits per heavy atom.